The molecule has 2 heterocycles. The number of benzene rings is 2. The molecule has 2 aromatic heterocycles. The molecule has 0 saturated heterocycles. The summed E-state index contributed by atoms with van der Waals surface area (Å²) in [6.45, 7) is 4.06. The smallest absolute Gasteiger partial charge is 0.260 e. The maximum Gasteiger partial charge on any atom is 0.260 e. The fraction of sp³-hybridized carbons (Fsp3) is 0.0952. The van der Waals surface area contributed by atoms with E-state index in [2.05, 4.69) is 4.98 Å². The van der Waals surface area contributed by atoms with Crippen molar-refractivity contribution in [2.24, 2.45) is 0 Å². The van der Waals surface area contributed by atoms with Crippen molar-refractivity contribution in [3.8, 4) is 22.6 Å². The van der Waals surface area contributed by atoms with Crippen molar-refractivity contribution in [1.82, 2.24) is 9.55 Å². The molecule has 0 amide bonds. The van der Waals surface area contributed by atoms with Gasteiger partial charge in [0, 0.05) is 5.69 Å². The molecule has 0 bridgehead atoms. The summed E-state index contributed by atoms with van der Waals surface area (Å²) in [5.41, 5.74) is 4.63. The third-order valence-electron chi connectivity index (χ3n) is 4.70. The first-order valence-corrected chi connectivity index (χ1v) is 8.64. The summed E-state index contributed by atoms with van der Waals surface area (Å²) in [6.07, 6.45) is 0. The standard InChI is InChI=1S/C21H17ClN2O2/c1-12-8-9-15(10-13(12)2)24-17(22)11-16-19(24)20(25)18(21(26)23-16)14-6-4-3-5-7-14/h3-11H,1-2H3,(H2,23,25,26). The topological polar surface area (TPSA) is 58.0 Å². The molecule has 0 spiro atoms. The lowest BCUT2D eigenvalue weighted by Gasteiger charge is -2.12. The van der Waals surface area contributed by atoms with Crippen LogP contribution in [0.1, 0.15) is 11.1 Å². The zero-order chi connectivity index (χ0) is 18.4. The molecule has 0 unspecified atom stereocenters. The van der Waals surface area contributed by atoms with Gasteiger partial charge in [-0.25, -0.2) is 0 Å². The highest BCUT2D eigenvalue weighted by molar-refractivity contribution is 6.31. The Bertz CT molecular complexity index is 1190. The van der Waals surface area contributed by atoms with Crippen LogP contribution in [0.2, 0.25) is 5.15 Å². The molecule has 0 atom stereocenters. The van der Waals surface area contributed by atoms with Gasteiger partial charge in [0.15, 0.2) is 5.75 Å². The minimum absolute atomic E-state index is 0.0833. The quantitative estimate of drug-likeness (QED) is 0.528. The summed E-state index contributed by atoms with van der Waals surface area (Å²) in [7, 11) is 0. The molecular formula is C21H17ClN2O2. The van der Waals surface area contributed by atoms with Gasteiger partial charge in [-0.1, -0.05) is 48.0 Å². The number of hydrogen-bond acceptors (Lipinski definition) is 2. The lowest BCUT2D eigenvalue weighted by molar-refractivity contribution is 0.480. The van der Waals surface area contributed by atoms with Crippen molar-refractivity contribution in [3.63, 3.8) is 0 Å². The Labute approximate surface area is 155 Å². The highest BCUT2D eigenvalue weighted by Crippen LogP contribution is 2.37. The van der Waals surface area contributed by atoms with Crippen LogP contribution in [0.5, 0.6) is 5.75 Å². The summed E-state index contributed by atoms with van der Waals surface area (Å²) in [4.78, 5) is 15.4. The minimum atomic E-state index is -0.352. The van der Waals surface area contributed by atoms with Crippen molar-refractivity contribution < 1.29 is 5.11 Å². The van der Waals surface area contributed by atoms with Crippen LogP contribution in [0, 0.1) is 13.8 Å². The summed E-state index contributed by atoms with van der Waals surface area (Å²) in [6, 6.07) is 16.7. The second kappa shape index (κ2) is 6.07. The van der Waals surface area contributed by atoms with E-state index in [4.69, 9.17) is 11.6 Å². The van der Waals surface area contributed by atoms with E-state index in [0.29, 0.717) is 21.7 Å². The number of aromatic hydroxyl groups is 1. The number of H-pyrrole nitrogens is 1. The zero-order valence-electron chi connectivity index (χ0n) is 14.4. The average Bonchev–Trinajstić information content (AvgIpc) is 2.94. The SMILES string of the molecule is Cc1ccc(-n2c(Cl)cc3[nH]c(=O)c(-c4ccccc4)c(O)c32)cc1C. The van der Waals surface area contributed by atoms with E-state index < -0.39 is 0 Å². The molecule has 0 fully saturated rings. The Balaban J connectivity index is 2.08. The highest BCUT2D eigenvalue weighted by atomic mass is 35.5. The van der Waals surface area contributed by atoms with E-state index in [-0.39, 0.29) is 16.9 Å². The number of rotatable bonds is 2. The number of aromatic amines is 1. The van der Waals surface area contributed by atoms with Crippen molar-refractivity contribution >= 4 is 22.6 Å². The molecule has 0 aliphatic heterocycles. The van der Waals surface area contributed by atoms with Gasteiger partial charge >= 0.3 is 0 Å². The molecule has 5 heteroatoms. The Kier molecular flexibility index (Phi) is 3.85. The van der Waals surface area contributed by atoms with Gasteiger partial charge < -0.3 is 10.1 Å². The van der Waals surface area contributed by atoms with Crippen molar-refractivity contribution in [2.75, 3.05) is 0 Å². The molecule has 2 aromatic carbocycles. The van der Waals surface area contributed by atoms with Gasteiger partial charge in [0.2, 0.25) is 0 Å². The maximum atomic E-state index is 12.5. The molecular weight excluding hydrogens is 348 g/mol. The van der Waals surface area contributed by atoms with Gasteiger partial charge in [-0.15, -0.1) is 0 Å². The van der Waals surface area contributed by atoms with E-state index in [1.54, 1.807) is 22.8 Å². The Morgan fingerprint density at radius 2 is 1.73 bits per heavy atom. The van der Waals surface area contributed by atoms with Gasteiger partial charge in [-0.2, -0.15) is 0 Å². The molecule has 0 aliphatic rings. The second-order valence-corrected chi connectivity index (χ2v) is 6.76. The number of aromatic nitrogens is 2. The first-order chi connectivity index (χ1) is 12.5. The second-order valence-electron chi connectivity index (χ2n) is 6.38. The van der Waals surface area contributed by atoms with Crippen LogP contribution < -0.4 is 5.56 Å². The minimum Gasteiger partial charge on any atom is -0.505 e. The van der Waals surface area contributed by atoms with E-state index in [1.807, 2.05) is 50.2 Å². The van der Waals surface area contributed by atoms with Crippen LogP contribution in [0.15, 0.2) is 59.4 Å². The Morgan fingerprint density at radius 3 is 2.42 bits per heavy atom. The monoisotopic (exact) mass is 364 g/mol. The van der Waals surface area contributed by atoms with E-state index in [1.165, 1.54) is 5.56 Å². The van der Waals surface area contributed by atoms with Crippen LogP contribution >= 0.6 is 11.6 Å². The molecule has 4 rings (SSSR count). The molecule has 130 valence electrons. The first-order valence-electron chi connectivity index (χ1n) is 8.26. The predicted molar refractivity (Wildman–Crippen MR) is 105 cm³/mol. The predicted octanol–water partition coefficient (Wildman–Crippen LogP) is 4.96. The summed E-state index contributed by atoms with van der Waals surface area (Å²) in [5.74, 6) is -0.0833. The molecule has 0 saturated carbocycles. The summed E-state index contributed by atoms with van der Waals surface area (Å²) >= 11 is 6.45. The lowest BCUT2D eigenvalue weighted by atomic mass is 10.1. The van der Waals surface area contributed by atoms with Crippen molar-refractivity contribution in [1.29, 1.82) is 0 Å². The Hall–Kier alpha value is -2.98. The number of hydrogen-bond donors (Lipinski definition) is 2. The number of fused-ring (bicyclic) bond motifs is 1. The number of halogens is 1. The molecule has 0 radical (unpaired) electrons. The van der Waals surface area contributed by atoms with E-state index >= 15 is 0 Å². The van der Waals surface area contributed by atoms with Gasteiger partial charge in [-0.3, -0.25) is 9.36 Å². The Morgan fingerprint density at radius 1 is 1.00 bits per heavy atom. The van der Waals surface area contributed by atoms with Crippen LogP contribution in [0.25, 0.3) is 27.8 Å². The number of nitrogens with one attached hydrogen (secondary N) is 1. The largest absolute Gasteiger partial charge is 0.505 e. The highest BCUT2D eigenvalue weighted by Gasteiger charge is 2.20. The molecule has 2 N–H and O–H groups in total. The van der Waals surface area contributed by atoms with Crippen LogP contribution in [0.4, 0.5) is 0 Å². The number of nitrogens with zero attached hydrogens (tertiary/aromatic N) is 1. The third kappa shape index (κ3) is 2.50. The molecule has 26 heavy (non-hydrogen) atoms. The maximum absolute atomic E-state index is 12.5. The fourth-order valence-corrected chi connectivity index (χ4v) is 3.50. The van der Waals surface area contributed by atoms with Crippen LogP contribution in [0.3, 0.4) is 0 Å². The van der Waals surface area contributed by atoms with Gasteiger partial charge in [0.05, 0.1) is 11.1 Å². The lowest BCUT2D eigenvalue weighted by Crippen LogP contribution is -2.09. The van der Waals surface area contributed by atoms with Crippen molar-refractivity contribution in [2.45, 2.75) is 13.8 Å². The van der Waals surface area contributed by atoms with Gasteiger partial charge in [0.25, 0.3) is 5.56 Å². The fourth-order valence-electron chi connectivity index (χ4n) is 3.21. The molecule has 4 nitrogen and oxygen atoms in total. The van der Waals surface area contributed by atoms with Gasteiger partial charge in [0.1, 0.15) is 10.7 Å². The van der Waals surface area contributed by atoms with Crippen LogP contribution in [-0.2, 0) is 0 Å². The molecule has 4 aromatic rings. The average molecular weight is 365 g/mol. The normalized spacial score (nSPS) is 11.2. The summed E-state index contributed by atoms with van der Waals surface area (Å²) < 4.78 is 1.75. The number of aryl methyl sites for hydroxylation is 2. The van der Waals surface area contributed by atoms with Gasteiger partial charge in [-0.05, 0) is 48.7 Å². The van der Waals surface area contributed by atoms with E-state index in [0.717, 1.165) is 11.3 Å². The van der Waals surface area contributed by atoms with Crippen molar-refractivity contribution in [3.05, 3.63) is 81.2 Å². The zero-order valence-corrected chi connectivity index (χ0v) is 15.1. The summed E-state index contributed by atoms with van der Waals surface area (Å²) in [5, 5.41) is 11.4. The first kappa shape index (κ1) is 16.5. The number of pyridine rings is 1. The third-order valence-corrected chi connectivity index (χ3v) is 4.98. The molecule has 0 aliphatic carbocycles. The van der Waals surface area contributed by atoms with E-state index in [9.17, 15) is 9.90 Å². The van der Waals surface area contributed by atoms with Crippen LogP contribution in [-0.4, -0.2) is 14.7 Å².